The first-order chi connectivity index (χ1) is 10.6. The number of aromatic amines is 1. The topological polar surface area (TPSA) is 58.2 Å². The molecule has 1 aromatic carbocycles. The van der Waals surface area contributed by atoms with E-state index in [2.05, 4.69) is 15.1 Å². The van der Waals surface area contributed by atoms with E-state index in [1.807, 2.05) is 26.0 Å². The number of anilines is 1. The summed E-state index contributed by atoms with van der Waals surface area (Å²) in [6.45, 7) is 5.96. The standard InChI is InChI=1S/C17H21N3O2/c1-11-8-13(9-12(2)16(11)22-3)15-14(10-18-19-17(15)21)20-6-4-5-7-20/h8-10H,4-7H2,1-3H3,(H,19,21). The first-order valence-corrected chi connectivity index (χ1v) is 7.60. The van der Waals surface area contributed by atoms with Gasteiger partial charge in [-0.25, -0.2) is 5.10 Å². The van der Waals surface area contributed by atoms with Crippen molar-refractivity contribution in [2.75, 3.05) is 25.1 Å². The number of methoxy groups -OCH3 is 1. The molecule has 0 atom stereocenters. The number of nitrogens with zero attached hydrogens (tertiary/aromatic N) is 2. The molecule has 1 N–H and O–H groups in total. The quantitative estimate of drug-likeness (QED) is 0.946. The lowest BCUT2D eigenvalue weighted by Crippen LogP contribution is -2.23. The summed E-state index contributed by atoms with van der Waals surface area (Å²) in [5, 5.41) is 6.56. The number of H-pyrrole nitrogens is 1. The molecular weight excluding hydrogens is 278 g/mol. The summed E-state index contributed by atoms with van der Waals surface area (Å²) >= 11 is 0. The SMILES string of the molecule is COc1c(C)cc(-c2c(N3CCCC3)cn[nH]c2=O)cc1C. The van der Waals surface area contributed by atoms with Crippen molar-refractivity contribution in [1.29, 1.82) is 0 Å². The Kier molecular flexibility index (Phi) is 3.88. The lowest BCUT2D eigenvalue weighted by molar-refractivity contribution is 0.408. The van der Waals surface area contributed by atoms with Crippen LogP contribution in [0.5, 0.6) is 5.75 Å². The van der Waals surface area contributed by atoms with Gasteiger partial charge < -0.3 is 9.64 Å². The summed E-state index contributed by atoms with van der Waals surface area (Å²) in [4.78, 5) is 14.6. The predicted octanol–water partition coefficient (Wildman–Crippen LogP) is 2.66. The van der Waals surface area contributed by atoms with Gasteiger partial charge in [0.2, 0.25) is 0 Å². The van der Waals surface area contributed by atoms with E-state index in [9.17, 15) is 4.79 Å². The number of hydrogen-bond donors (Lipinski definition) is 1. The van der Waals surface area contributed by atoms with Crippen molar-refractivity contribution in [3.05, 3.63) is 39.8 Å². The van der Waals surface area contributed by atoms with E-state index in [4.69, 9.17) is 4.74 Å². The molecule has 0 spiro atoms. The fourth-order valence-electron chi connectivity index (χ4n) is 3.28. The van der Waals surface area contributed by atoms with Crippen molar-refractivity contribution in [2.24, 2.45) is 0 Å². The third-order valence-electron chi connectivity index (χ3n) is 4.24. The first kappa shape index (κ1) is 14.6. The number of aryl methyl sites for hydroxylation is 2. The van der Waals surface area contributed by atoms with Crippen LogP contribution in [0.3, 0.4) is 0 Å². The van der Waals surface area contributed by atoms with Crippen LogP contribution >= 0.6 is 0 Å². The van der Waals surface area contributed by atoms with Crippen LogP contribution in [0.25, 0.3) is 11.1 Å². The number of nitrogens with one attached hydrogen (secondary N) is 1. The molecule has 1 fully saturated rings. The van der Waals surface area contributed by atoms with Gasteiger partial charge in [-0.15, -0.1) is 0 Å². The van der Waals surface area contributed by atoms with Crippen LogP contribution in [0.1, 0.15) is 24.0 Å². The van der Waals surface area contributed by atoms with Crippen molar-refractivity contribution < 1.29 is 4.74 Å². The van der Waals surface area contributed by atoms with Gasteiger partial charge >= 0.3 is 0 Å². The minimum atomic E-state index is -0.145. The molecule has 2 heterocycles. The summed E-state index contributed by atoms with van der Waals surface area (Å²) in [7, 11) is 1.67. The molecule has 0 radical (unpaired) electrons. The summed E-state index contributed by atoms with van der Waals surface area (Å²) in [6.07, 6.45) is 4.08. The average Bonchev–Trinajstić information content (AvgIpc) is 3.00. The highest BCUT2D eigenvalue weighted by molar-refractivity contribution is 5.78. The third kappa shape index (κ3) is 2.47. The van der Waals surface area contributed by atoms with Gasteiger partial charge in [-0.2, -0.15) is 5.10 Å². The van der Waals surface area contributed by atoms with Gasteiger partial charge in [0.05, 0.1) is 24.6 Å². The Hall–Kier alpha value is -2.30. The maximum atomic E-state index is 12.4. The molecule has 0 amide bonds. The zero-order valence-corrected chi connectivity index (χ0v) is 13.3. The Bertz CT molecular complexity index is 723. The molecule has 1 aromatic heterocycles. The predicted molar refractivity (Wildman–Crippen MR) is 87.8 cm³/mol. The van der Waals surface area contributed by atoms with Gasteiger partial charge in [-0.3, -0.25) is 4.79 Å². The van der Waals surface area contributed by atoms with Crippen molar-refractivity contribution in [1.82, 2.24) is 10.2 Å². The number of ether oxygens (including phenoxy) is 1. The van der Waals surface area contributed by atoms with Gasteiger partial charge in [-0.1, -0.05) is 0 Å². The van der Waals surface area contributed by atoms with Gasteiger partial charge in [-0.05, 0) is 55.5 Å². The van der Waals surface area contributed by atoms with E-state index in [0.717, 1.165) is 54.1 Å². The summed E-state index contributed by atoms with van der Waals surface area (Å²) < 4.78 is 5.42. The maximum Gasteiger partial charge on any atom is 0.274 e. The second kappa shape index (κ2) is 5.83. The van der Waals surface area contributed by atoms with Crippen LogP contribution in [0.4, 0.5) is 5.69 Å². The lowest BCUT2D eigenvalue weighted by atomic mass is 9.99. The van der Waals surface area contributed by atoms with Gasteiger partial charge in [0.15, 0.2) is 0 Å². The molecule has 0 unspecified atom stereocenters. The Morgan fingerprint density at radius 3 is 2.41 bits per heavy atom. The van der Waals surface area contributed by atoms with Crippen LogP contribution in [0.2, 0.25) is 0 Å². The number of benzene rings is 1. The maximum absolute atomic E-state index is 12.4. The van der Waals surface area contributed by atoms with Crippen molar-refractivity contribution in [3.8, 4) is 16.9 Å². The van der Waals surface area contributed by atoms with Crippen molar-refractivity contribution in [3.63, 3.8) is 0 Å². The van der Waals surface area contributed by atoms with Gasteiger partial charge in [0, 0.05) is 13.1 Å². The lowest BCUT2D eigenvalue weighted by Gasteiger charge is -2.20. The number of rotatable bonds is 3. The molecule has 1 aliphatic rings. The van der Waals surface area contributed by atoms with E-state index in [0.29, 0.717) is 5.56 Å². The van der Waals surface area contributed by atoms with Crippen LogP contribution in [-0.4, -0.2) is 30.4 Å². The Morgan fingerprint density at radius 1 is 1.18 bits per heavy atom. The largest absolute Gasteiger partial charge is 0.496 e. The molecule has 5 heteroatoms. The minimum absolute atomic E-state index is 0.145. The minimum Gasteiger partial charge on any atom is -0.496 e. The number of aromatic nitrogens is 2. The Labute approximate surface area is 129 Å². The van der Waals surface area contributed by atoms with Gasteiger partial charge in [0.25, 0.3) is 5.56 Å². The molecule has 0 aliphatic carbocycles. The molecule has 0 saturated carbocycles. The fourth-order valence-corrected chi connectivity index (χ4v) is 3.28. The van der Waals surface area contributed by atoms with E-state index in [-0.39, 0.29) is 5.56 Å². The second-order valence-corrected chi connectivity index (χ2v) is 5.80. The fraction of sp³-hybridized carbons (Fsp3) is 0.412. The highest BCUT2D eigenvalue weighted by Crippen LogP contribution is 2.33. The van der Waals surface area contributed by atoms with Crippen LogP contribution < -0.4 is 15.2 Å². The molecule has 1 aliphatic heterocycles. The molecule has 3 rings (SSSR count). The third-order valence-corrected chi connectivity index (χ3v) is 4.24. The monoisotopic (exact) mass is 299 g/mol. The second-order valence-electron chi connectivity index (χ2n) is 5.80. The van der Waals surface area contributed by atoms with E-state index < -0.39 is 0 Å². The molecule has 116 valence electrons. The molecule has 1 saturated heterocycles. The van der Waals surface area contributed by atoms with E-state index in [1.165, 1.54) is 0 Å². The van der Waals surface area contributed by atoms with Crippen LogP contribution in [0.15, 0.2) is 23.1 Å². The van der Waals surface area contributed by atoms with E-state index in [1.54, 1.807) is 13.3 Å². The van der Waals surface area contributed by atoms with Crippen molar-refractivity contribution >= 4 is 5.69 Å². The molecule has 22 heavy (non-hydrogen) atoms. The Morgan fingerprint density at radius 2 is 1.82 bits per heavy atom. The summed E-state index contributed by atoms with van der Waals surface area (Å²) in [6, 6.07) is 4.02. The van der Waals surface area contributed by atoms with Crippen LogP contribution in [-0.2, 0) is 0 Å². The molecule has 5 nitrogen and oxygen atoms in total. The van der Waals surface area contributed by atoms with Gasteiger partial charge in [0.1, 0.15) is 5.75 Å². The highest BCUT2D eigenvalue weighted by atomic mass is 16.5. The first-order valence-electron chi connectivity index (χ1n) is 7.60. The van der Waals surface area contributed by atoms with Crippen LogP contribution in [0, 0.1) is 13.8 Å². The molecule has 0 bridgehead atoms. The average molecular weight is 299 g/mol. The molecular formula is C17H21N3O2. The Balaban J connectivity index is 2.18. The zero-order chi connectivity index (χ0) is 15.7. The summed E-state index contributed by atoms with van der Waals surface area (Å²) in [5.41, 5.74) is 4.45. The van der Waals surface area contributed by atoms with Crippen molar-refractivity contribution in [2.45, 2.75) is 26.7 Å². The van der Waals surface area contributed by atoms with E-state index >= 15 is 0 Å². The summed E-state index contributed by atoms with van der Waals surface area (Å²) in [5.74, 6) is 0.872. The molecule has 2 aromatic rings. The smallest absolute Gasteiger partial charge is 0.274 e. The normalized spacial score (nSPS) is 14.4. The zero-order valence-electron chi connectivity index (χ0n) is 13.3. The number of hydrogen-bond acceptors (Lipinski definition) is 4. The highest BCUT2D eigenvalue weighted by Gasteiger charge is 2.20.